The van der Waals surface area contributed by atoms with Crippen molar-refractivity contribution >= 4 is 0 Å². The number of rotatable bonds is 4. The van der Waals surface area contributed by atoms with E-state index >= 15 is 0 Å². The summed E-state index contributed by atoms with van der Waals surface area (Å²) >= 11 is 0. The lowest BCUT2D eigenvalue weighted by atomic mass is 9.70. The van der Waals surface area contributed by atoms with Crippen molar-refractivity contribution in [3.63, 3.8) is 0 Å². The van der Waals surface area contributed by atoms with Gasteiger partial charge in [-0.2, -0.15) is 0 Å². The van der Waals surface area contributed by atoms with E-state index in [-0.39, 0.29) is 11.5 Å². The smallest absolute Gasteiger partial charge is 0.0593 e. The first-order chi connectivity index (χ1) is 6.54. The summed E-state index contributed by atoms with van der Waals surface area (Å²) in [7, 11) is 0. The summed E-state index contributed by atoms with van der Waals surface area (Å²) in [6.45, 7) is 6.74. The van der Waals surface area contributed by atoms with Crippen LogP contribution in [-0.4, -0.2) is 11.2 Å². The molecule has 0 bridgehead atoms. The van der Waals surface area contributed by atoms with Crippen LogP contribution in [0.2, 0.25) is 0 Å². The van der Waals surface area contributed by atoms with E-state index in [0.717, 1.165) is 18.8 Å². The Morgan fingerprint density at radius 3 is 2.14 bits per heavy atom. The van der Waals surface area contributed by atoms with Crippen molar-refractivity contribution in [3.05, 3.63) is 0 Å². The third kappa shape index (κ3) is 3.27. The third-order valence-corrected chi connectivity index (χ3v) is 3.82. The second-order valence-corrected chi connectivity index (χ2v) is 5.70. The van der Waals surface area contributed by atoms with Crippen LogP contribution in [0.25, 0.3) is 0 Å². The first-order valence-electron chi connectivity index (χ1n) is 6.23. The summed E-state index contributed by atoms with van der Waals surface area (Å²) in [5, 5.41) is 10.2. The van der Waals surface area contributed by atoms with Crippen LogP contribution in [-0.2, 0) is 0 Å². The molecular formula is C13H26O. The molecule has 0 aromatic carbocycles. The van der Waals surface area contributed by atoms with Crippen LogP contribution in [0.5, 0.6) is 0 Å². The topological polar surface area (TPSA) is 20.2 Å². The number of hydrogen-bond acceptors (Lipinski definition) is 1. The van der Waals surface area contributed by atoms with Crippen LogP contribution in [0.1, 0.15) is 65.7 Å². The first kappa shape index (κ1) is 12.0. The van der Waals surface area contributed by atoms with Crippen molar-refractivity contribution in [1.29, 1.82) is 0 Å². The lowest BCUT2D eigenvalue weighted by molar-refractivity contribution is 0.00109. The fourth-order valence-electron chi connectivity index (χ4n) is 2.53. The molecule has 14 heavy (non-hydrogen) atoms. The molecule has 0 amide bonds. The molecule has 1 aliphatic carbocycles. The number of aliphatic hydroxyl groups excluding tert-OH is 1. The molecule has 1 N–H and O–H groups in total. The molecule has 1 aliphatic rings. The van der Waals surface area contributed by atoms with Crippen LogP contribution < -0.4 is 0 Å². The Balaban J connectivity index is 2.36. The van der Waals surface area contributed by atoms with Gasteiger partial charge in [-0.05, 0) is 37.0 Å². The van der Waals surface area contributed by atoms with Crippen molar-refractivity contribution in [2.24, 2.45) is 11.3 Å². The zero-order valence-corrected chi connectivity index (χ0v) is 10.1. The van der Waals surface area contributed by atoms with Gasteiger partial charge in [0.05, 0.1) is 6.10 Å². The minimum absolute atomic E-state index is 0.0646. The Bertz CT molecular complexity index is 157. The van der Waals surface area contributed by atoms with Gasteiger partial charge >= 0.3 is 0 Å². The summed E-state index contributed by atoms with van der Waals surface area (Å²) in [4.78, 5) is 0. The molecule has 1 fully saturated rings. The van der Waals surface area contributed by atoms with Crippen LogP contribution in [0.3, 0.4) is 0 Å². The van der Waals surface area contributed by atoms with Crippen LogP contribution >= 0.6 is 0 Å². The van der Waals surface area contributed by atoms with Crippen LogP contribution in [0, 0.1) is 11.3 Å². The van der Waals surface area contributed by atoms with Gasteiger partial charge in [-0.3, -0.25) is 0 Å². The molecule has 0 radical (unpaired) electrons. The van der Waals surface area contributed by atoms with E-state index in [1.54, 1.807) is 0 Å². The van der Waals surface area contributed by atoms with Crippen molar-refractivity contribution < 1.29 is 5.11 Å². The lowest BCUT2D eigenvalue weighted by Gasteiger charge is -2.38. The monoisotopic (exact) mass is 198 g/mol. The van der Waals surface area contributed by atoms with Gasteiger partial charge in [0.15, 0.2) is 0 Å². The number of aliphatic hydroxyl groups is 1. The van der Waals surface area contributed by atoms with Crippen molar-refractivity contribution in [1.82, 2.24) is 0 Å². The molecule has 0 saturated heterocycles. The molecule has 0 heterocycles. The summed E-state index contributed by atoms with van der Waals surface area (Å²) in [5.41, 5.74) is 0.229. The minimum Gasteiger partial charge on any atom is -0.393 e. The molecule has 1 nitrogen and oxygen atoms in total. The van der Waals surface area contributed by atoms with Gasteiger partial charge in [0.2, 0.25) is 0 Å². The van der Waals surface area contributed by atoms with Gasteiger partial charge in [-0.15, -0.1) is 0 Å². The molecule has 1 rings (SSSR count). The van der Waals surface area contributed by atoms with Gasteiger partial charge < -0.3 is 5.11 Å². The van der Waals surface area contributed by atoms with E-state index < -0.39 is 0 Å². The molecule has 1 heteroatoms. The first-order valence-corrected chi connectivity index (χ1v) is 6.23. The largest absolute Gasteiger partial charge is 0.393 e. The van der Waals surface area contributed by atoms with Gasteiger partial charge in [0.25, 0.3) is 0 Å². The molecule has 0 spiro atoms. The third-order valence-electron chi connectivity index (χ3n) is 3.82. The second kappa shape index (κ2) is 5.16. The normalized spacial score (nSPS) is 23.8. The molecule has 0 aliphatic heterocycles. The Labute approximate surface area is 88.9 Å². The SMILES string of the molecule is CC(C)CCC(O)C1(C)CCCCC1. The summed E-state index contributed by atoms with van der Waals surface area (Å²) in [6.07, 6.45) is 8.55. The predicted molar refractivity (Wildman–Crippen MR) is 61.3 cm³/mol. The molecule has 1 atom stereocenters. The zero-order valence-electron chi connectivity index (χ0n) is 10.1. The van der Waals surface area contributed by atoms with Gasteiger partial charge in [-0.25, -0.2) is 0 Å². The highest BCUT2D eigenvalue weighted by Gasteiger charge is 2.33. The summed E-state index contributed by atoms with van der Waals surface area (Å²) in [6, 6.07) is 0. The maximum absolute atomic E-state index is 10.2. The quantitative estimate of drug-likeness (QED) is 0.729. The molecule has 1 unspecified atom stereocenters. The Kier molecular flexibility index (Phi) is 4.43. The Morgan fingerprint density at radius 2 is 1.64 bits per heavy atom. The second-order valence-electron chi connectivity index (χ2n) is 5.70. The number of hydrogen-bond donors (Lipinski definition) is 1. The highest BCUT2D eigenvalue weighted by Crippen LogP contribution is 2.40. The average Bonchev–Trinajstić information content (AvgIpc) is 2.15. The molecule has 1 saturated carbocycles. The van der Waals surface area contributed by atoms with E-state index in [1.807, 2.05) is 0 Å². The highest BCUT2D eigenvalue weighted by molar-refractivity contribution is 4.85. The molecule has 84 valence electrons. The van der Waals surface area contributed by atoms with Gasteiger partial charge in [0, 0.05) is 0 Å². The van der Waals surface area contributed by atoms with E-state index in [1.165, 1.54) is 32.1 Å². The minimum atomic E-state index is -0.0646. The summed E-state index contributed by atoms with van der Waals surface area (Å²) < 4.78 is 0. The fraction of sp³-hybridized carbons (Fsp3) is 1.00. The lowest BCUT2D eigenvalue weighted by Crippen LogP contribution is -2.34. The van der Waals surface area contributed by atoms with E-state index in [0.29, 0.717) is 0 Å². The van der Waals surface area contributed by atoms with E-state index in [2.05, 4.69) is 20.8 Å². The Hall–Kier alpha value is -0.0400. The maximum Gasteiger partial charge on any atom is 0.0593 e. The molecular weight excluding hydrogens is 172 g/mol. The zero-order chi connectivity index (χ0) is 10.6. The van der Waals surface area contributed by atoms with Crippen molar-refractivity contribution in [3.8, 4) is 0 Å². The maximum atomic E-state index is 10.2. The van der Waals surface area contributed by atoms with Crippen molar-refractivity contribution in [2.45, 2.75) is 71.8 Å². The predicted octanol–water partition coefficient (Wildman–Crippen LogP) is 3.75. The highest BCUT2D eigenvalue weighted by atomic mass is 16.3. The van der Waals surface area contributed by atoms with Crippen LogP contribution in [0.15, 0.2) is 0 Å². The Morgan fingerprint density at radius 1 is 1.07 bits per heavy atom. The van der Waals surface area contributed by atoms with E-state index in [9.17, 15) is 5.11 Å². The van der Waals surface area contributed by atoms with Gasteiger partial charge in [-0.1, -0.05) is 40.0 Å². The van der Waals surface area contributed by atoms with Gasteiger partial charge in [0.1, 0.15) is 0 Å². The van der Waals surface area contributed by atoms with Crippen molar-refractivity contribution in [2.75, 3.05) is 0 Å². The standard InChI is InChI=1S/C13H26O/c1-11(2)7-8-12(14)13(3)9-5-4-6-10-13/h11-12,14H,4-10H2,1-3H3. The molecule has 0 aromatic rings. The average molecular weight is 198 g/mol. The van der Waals surface area contributed by atoms with Crippen LogP contribution in [0.4, 0.5) is 0 Å². The fourth-order valence-corrected chi connectivity index (χ4v) is 2.53. The summed E-state index contributed by atoms with van der Waals surface area (Å²) in [5.74, 6) is 0.719. The van der Waals surface area contributed by atoms with E-state index in [4.69, 9.17) is 0 Å². The molecule has 0 aromatic heterocycles.